The molecule has 1 rings (SSSR count). The van der Waals surface area contributed by atoms with Crippen molar-refractivity contribution < 1.29 is 23.6 Å². The van der Waals surface area contributed by atoms with Gasteiger partial charge in [-0.1, -0.05) is 44.6 Å². The summed E-state index contributed by atoms with van der Waals surface area (Å²) < 4.78 is 11.6. The molecular formula is C21H32NO4+. The van der Waals surface area contributed by atoms with Crippen LogP contribution in [0, 0.1) is 0 Å². The van der Waals surface area contributed by atoms with Crippen molar-refractivity contribution in [3.8, 4) is 0 Å². The summed E-state index contributed by atoms with van der Waals surface area (Å²) in [4.78, 5) is 22.1. The first-order valence-electron chi connectivity index (χ1n) is 9.59. The topological polar surface area (TPSA) is 56.5 Å². The molecule has 0 radical (unpaired) electrons. The van der Waals surface area contributed by atoms with Gasteiger partial charge in [-0.3, -0.25) is 0 Å². The van der Waals surface area contributed by atoms with Gasteiger partial charge in [-0.15, -0.1) is 0 Å². The molecule has 0 fully saturated rings. The number of rotatable bonds is 14. The minimum Gasteiger partial charge on any atom is -0.466 e. The molecule has 1 heterocycles. The molecule has 5 heteroatoms. The summed E-state index contributed by atoms with van der Waals surface area (Å²) in [5, 5.41) is 0. The van der Waals surface area contributed by atoms with Crippen LogP contribution < -0.4 is 4.57 Å². The second-order valence-electron chi connectivity index (χ2n) is 6.32. The van der Waals surface area contributed by atoms with Crippen molar-refractivity contribution in [1.82, 2.24) is 0 Å². The van der Waals surface area contributed by atoms with Crippen LogP contribution in [0.2, 0.25) is 0 Å². The summed E-state index contributed by atoms with van der Waals surface area (Å²) in [6.07, 6.45) is 17.2. The normalized spacial score (nSPS) is 10.8. The van der Waals surface area contributed by atoms with E-state index in [0.717, 1.165) is 31.5 Å². The van der Waals surface area contributed by atoms with Crippen LogP contribution >= 0.6 is 0 Å². The first kappa shape index (κ1) is 21.9. The van der Waals surface area contributed by atoms with Gasteiger partial charge in [0.05, 0.1) is 13.7 Å². The monoisotopic (exact) mass is 362 g/mol. The fourth-order valence-corrected chi connectivity index (χ4v) is 2.64. The van der Waals surface area contributed by atoms with E-state index in [1.54, 1.807) is 0 Å². The first-order valence-corrected chi connectivity index (χ1v) is 9.59. The number of carbonyl (C=O) groups is 2. The van der Waals surface area contributed by atoms with Gasteiger partial charge in [0.2, 0.25) is 0 Å². The third-order valence-corrected chi connectivity index (χ3v) is 4.14. The van der Waals surface area contributed by atoms with Crippen LogP contribution in [0.3, 0.4) is 0 Å². The number of nitrogens with zero attached hydrogens (tertiary/aromatic N) is 1. The summed E-state index contributed by atoms with van der Waals surface area (Å²) in [5.41, 5.74) is 0. The lowest BCUT2D eigenvalue weighted by atomic mass is 10.1. The second-order valence-corrected chi connectivity index (χ2v) is 6.32. The molecule has 144 valence electrons. The van der Waals surface area contributed by atoms with Crippen LogP contribution in [-0.2, 0) is 25.6 Å². The standard InChI is InChI=1S/C21H32NO4/c1-25-20(23)14-15-21(24)26-19-13-8-6-4-2-3-5-7-10-16-22-17-11-9-12-18-22/h9,11-12,14-15,17-18H,2-8,10,13,16,19H2,1H3/q+1/b15-14-. The van der Waals surface area contributed by atoms with E-state index in [0.29, 0.717) is 6.61 Å². The third-order valence-electron chi connectivity index (χ3n) is 4.14. The van der Waals surface area contributed by atoms with Crippen molar-refractivity contribution in [2.45, 2.75) is 64.3 Å². The van der Waals surface area contributed by atoms with Crippen LogP contribution in [0.1, 0.15) is 57.8 Å². The molecule has 0 bridgehead atoms. The van der Waals surface area contributed by atoms with Crippen LogP contribution in [-0.4, -0.2) is 25.7 Å². The number of pyridine rings is 1. The van der Waals surface area contributed by atoms with Gasteiger partial charge < -0.3 is 9.47 Å². The maximum Gasteiger partial charge on any atom is 0.331 e. The molecule has 0 saturated heterocycles. The molecule has 0 unspecified atom stereocenters. The number of carbonyl (C=O) groups excluding carboxylic acids is 2. The van der Waals surface area contributed by atoms with Gasteiger partial charge in [0.25, 0.3) is 0 Å². The zero-order valence-electron chi connectivity index (χ0n) is 15.9. The predicted octanol–water partition coefficient (Wildman–Crippen LogP) is 3.76. The number of esters is 2. The average molecular weight is 362 g/mol. The Labute approximate surface area is 157 Å². The lowest BCUT2D eigenvalue weighted by Crippen LogP contribution is -2.32. The summed E-state index contributed by atoms with van der Waals surface area (Å²) in [6.45, 7) is 1.51. The Balaban J connectivity index is 1.82. The molecule has 0 aromatic carbocycles. The fraction of sp³-hybridized carbons (Fsp3) is 0.571. The maximum absolute atomic E-state index is 11.3. The Morgan fingerprint density at radius 3 is 1.92 bits per heavy atom. The average Bonchev–Trinajstić information content (AvgIpc) is 2.67. The molecule has 0 atom stereocenters. The lowest BCUT2D eigenvalue weighted by molar-refractivity contribution is -0.697. The SMILES string of the molecule is COC(=O)/C=C\C(=O)OCCCCCCCCCCC[n+]1ccccc1. The Hall–Kier alpha value is -2.17. The highest BCUT2D eigenvalue weighted by molar-refractivity contribution is 5.91. The predicted molar refractivity (Wildman–Crippen MR) is 100 cm³/mol. The second kappa shape index (κ2) is 15.1. The van der Waals surface area contributed by atoms with E-state index in [1.807, 2.05) is 6.07 Å². The molecule has 26 heavy (non-hydrogen) atoms. The van der Waals surface area contributed by atoms with Gasteiger partial charge in [-0.25, -0.2) is 14.2 Å². The van der Waals surface area contributed by atoms with Crippen molar-refractivity contribution in [2.75, 3.05) is 13.7 Å². The van der Waals surface area contributed by atoms with Crippen LogP contribution in [0.15, 0.2) is 42.7 Å². The van der Waals surface area contributed by atoms with Gasteiger partial charge >= 0.3 is 11.9 Å². The number of hydrogen-bond donors (Lipinski definition) is 0. The Morgan fingerprint density at radius 2 is 1.31 bits per heavy atom. The zero-order chi connectivity index (χ0) is 18.9. The summed E-state index contributed by atoms with van der Waals surface area (Å²) in [5.74, 6) is -1.05. The number of unbranched alkanes of at least 4 members (excludes halogenated alkanes) is 8. The minimum absolute atomic E-state index is 0.404. The van der Waals surface area contributed by atoms with Crippen molar-refractivity contribution in [1.29, 1.82) is 0 Å². The van der Waals surface area contributed by atoms with Gasteiger partial charge in [0.15, 0.2) is 12.4 Å². The molecule has 0 aliphatic rings. The molecule has 0 N–H and O–H groups in total. The molecule has 0 spiro atoms. The number of aromatic nitrogens is 1. The zero-order valence-corrected chi connectivity index (χ0v) is 15.9. The molecule has 5 nitrogen and oxygen atoms in total. The number of methoxy groups -OCH3 is 1. The van der Waals surface area contributed by atoms with E-state index in [9.17, 15) is 9.59 Å². The van der Waals surface area contributed by atoms with Gasteiger partial charge in [0, 0.05) is 30.7 Å². The third kappa shape index (κ3) is 12.2. The lowest BCUT2D eigenvalue weighted by Gasteiger charge is -2.03. The Morgan fingerprint density at radius 1 is 0.769 bits per heavy atom. The van der Waals surface area contributed by atoms with Gasteiger partial charge in [-0.05, 0) is 12.8 Å². The van der Waals surface area contributed by atoms with E-state index in [1.165, 1.54) is 52.1 Å². The largest absolute Gasteiger partial charge is 0.466 e. The Kier molecular flexibility index (Phi) is 12.7. The summed E-state index contributed by atoms with van der Waals surface area (Å²) >= 11 is 0. The van der Waals surface area contributed by atoms with E-state index in [2.05, 4.69) is 33.8 Å². The van der Waals surface area contributed by atoms with E-state index >= 15 is 0 Å². The maximum atomic E-state index is 11.3. The van der Waals surface area contributed by atoms with Gasteiger partial charge in [0.1, 0.15) is 6.54 Å². The molecule has 0 aliphatic carbocycles. The molecular weight excluding hydrogens is 330 g/mol. The van der Waals surface area contributed by atoms with Gasteiger partial charge in [-0.2, -0.15) is 0 Å². The highest BCUT2D eigenvalue weighted by Gasteiger charge is 2.00. The highest BCUT2D eigenvalue weighted by atomic mass is 16.5. The molecule has 1 aromatic rings. The first-order chi connectivity index (χ1) is 12.7. The number of ether oxygens (including phenoxy) is 2. The number of aryl methyl sites for hydroxylation is 1. The van der Waals surface area contributed by atoms with Crippen molar-refractivity contribution >= 4 is 11.9 Å². The van der Waals surface area contributed by atoms with Crippen molar-refractivity contribution in [2.24, 2.45) is 0 Å². The van der Waals surface area contributed by atoms with Crippen LogP contribution in [0.25, 0.3) is 0 Å². The minimum atomic E-state index is -0.555. The molecule has 0 saturated carbocycles. The van der Waals surface area contributed by atoms with E-state index in [-0.39, 0.29) is 0 Å². The summed E-state index contributed by atoms with van der Waals surface area (Å²) in [6, 6.07) is 6.18. The van der Waals surface area contributed by atoms with E-state index < -0.39 is 11.9 Å². The molecule has 0 aliphatic heterocycles. The Bertz CT molecular complexity index is 528. The number of hydrogen-bond acceptors (Lipinski definition) is 4. The quantitative estimate of drug-likeness (QED) is 0.219. The van der Waals surface area contributed by atoms with Crippen molar-refractivity contribution in [3.63, 3.8) is 0 Å². The fourth-order valence-electron chi connectivity index (χ4n) is 2.64. The van der Waals surface area contributed by atoms with Crippen LogP contribution in [0.5, 0.6) is 0 Å². The van der Waals surface area contributed by atoms with Crippen molar-refractivity contribution in [3.05, 3.63) is 42.7 Å². The summed E-state index contributed by atoms with van der Waals surface area (Å²) in [7, 11) is 1.27. The molecule has 0 amide bonds. The van der Waals surface area contributed by atoms with Crippen LogP contribution in [0.4, 0.5) is 0 Å². The highest BCUT2D eigenvalue weighted by Crippen LogP contribution is 2.09. The smallest absolute Gasteiger partial charge is 0.331 e. The van der Waals surface area contributed by atoms with E-state index in [4.69, 9.17) is 4.74 Å². The molecule has 1 aromatic heterocycles.